The highest BCUT2D eigenvalue weighted by Crippen LogP contribution is 2.25. The number of nitrogens with one attached hydrogen (secondary N) is 1. The van der Waals surface area contributed by atoms with Gasteiger partial charge in [0.15, 0.2) is 11.5 Å². The molecule has 0 aliphatic heterocycles. The normalized spacial score (nSPS) is 11.2. The van der Waals surface area contributed by atoms with Gasteiger partial charge in [-0.3, -0.25) is 9.97 Å². The van der Waals surface area contributed by atoms with Crippen LogP contribution >= 0.6 is 0 Å². The zero-order chi connectivity index (χ0) is 22.2. The number of benzene rings is 1. The predicted octanol–water partition coefficient (Wildman–Crippen LogP) is 3.42. The lowest BCUT2D eigenvalue weighted by Gasteiger charge is -2.08. The number of imidazole rings is 1. The monoisotopic (exact) mass is 432 g/mol. The van der Waals surface area contributed by atoms with E-state index >= 15 is 0 Å². The summed E-state index contributed by atoms with van der Waals surface area (Å²) in [4.78, 5) is 33.0. The molecule has 5 heterocycles. The number of H-pyrrole nitrogens is 1. The standard InChI is InChI=1S/C24H16N8O/c33-24-28-20-7-4-14-27-23(20)31(24)17-8-10-18(11-9-17)32-22(16-5-3-12-25-15-16)29-21(30-32)19-6-1-2-13-26-19/h1-15H,(H,28,33). The summed E-state index contributed by atoms with van der Waals surface area (Å²) >= 11 is 0. The number of aromatic nitrogens is 8. The second kappa shape index (κ2) is 7.65. The summed E-state index contributed by atoms with van der Waals surface area (Å²) < 4.78 is 3.29. The van der Waals surface area contributed by atoms with Crippen LogP contribution in [0.3, 0.4) is 0 Å². The lowest BCUT2D eigenvalue weighted by Crippen LogP contribution is -2.15. The molecule has 0 aliphatic rings. The van der Waals surface area contributed by atoms with Crippen LogP contribution in [0.15, 0.2) is 96.3 Å². The van der Waals surface area contributed by atoms with Gasteiger partial charge in [0.1, 0.15) is 5.69 Å². The summed E-state index contributed by atoms with van der Waals surface area (Å²) in [6, 6.07) is 20.5. The SMILES string of the molecule is O=c1[nH]c2cccnc2n1-c1ccc(-n2nc(-c3ccccn3)nc2-c2cccnc2)cc1. The van der Waals surface area contributed by atoms with E-state index in [-0.39, 0.29) is 5.69 Å². The van der Waals surface area contributed by atoms with E-state index in [1.807, 2.05) is 60.7 Å². The Labute approximate surface area is 187 Å². The number of rotatable bonds is 4. The van der Waals surface area contributed by atoms with Crippen molar-refractivity contribution in [3.63, 3.8) is 0 Å². The zero-order valence-electron chi connectivity index (χ0n) is 17.2. The highest BCUT2D eigenvalue weighted by Gasteiger charge is 2.16. The number of hydrogen-bond acceptors (Lipinski definition) is 6. The van der Waals surface area contributed by atoms with Gasteiger partial charge < -0.3 is 4.98 Å². The van der Waals surface area contributed by atoms with Crippen LogP contribution in [0.4, 0.5) is 0 Å². The maximum atomic E-state index is 12.5. The molecule has 9 nitrogen and oxygen atoms in total. The number of aromatic amines is 1. The van der Waals surface area contributed by atoms with Crippen LogP contribution in [0.1, 0.15) is 0 Å². The van der Waals surface area contributed by atoms with Crippen molar-refractivity contribution >= 4 is 11.2 Å². The quantitative estimate of drug-likeness (QED) is 0.457. The van der Waals surface area contributed by atoms with Crippen molar-refractivity contribution in [2.75, 3.05) is 0 Å². The van der Waals surface area contributed by atoms with Crippen molar-refractivity contribution in [1.82, 2.24) is 39.3 Å². The molecule has 33 heavy (non-hydrogen) atoms. The molecule has 0 fully saturated rings. The van der Waals surface area contributed by atoms with Gasteiger partial charge in [0, 0.05) is 30.4 Å². The maximum Gasteiger partial charge on any atom is 0.332 e. The van der Waals surface area contributed by atoms with Crippen molar-refractivity contribution < 1.29 is 0 Å². The average molecular weight is 432 g/mol. The van der Waals surface area contributed by atoms with Crippen LogP contribution in [0.25, 0.3) is 45.4 Å². The second-order valence-electron chi connectivity index (χ2n) is 7.28. The van der Waals surface area contributed by atoms with Gasteiger partial charge in [-0.15, -0.1) is 5.10 Å². The molecule has 0 saturated carbocycles. The van der Waals surface area contributed by atoms with Gasteiger partial charge >= 0.3 is 5.69 Å². The van der Waals surface area contributed by atoms with Crippen LogP contribution in [-0.4, -0.2) is 39.3 Å². The van der Waals surface area contributed by atoms with E-state index in [9.17, 15) is 4.79 Å². The summed E-state index contributed by atoms with van der Waals surface area (Å²) in [6.45, 7) is 0. The Bertz CT molecular complexity index is 1620. The number of pyridine rings is 3. The van der Waals surface area contributed by atoms with Gasteiger partial charge in [-0.05, 0) is 60.7 Å². The molecule has 0 atom stereocenters. The minimum absolute atomic E-state index is 0.245. The van der Waals surface area contributed by atoms with Crippen molar-refractivity contribution in [3.8, 4) is 34.3 Å². The van der Waals surface area contributed by atoms with E-state index in [1.165, 1.54) is 0 Å². The van der Waals surface area contributed by atoms with Gasteiger partial charge in [-0.1, -0.05) is 6.07 Å². The molecule has 1 N–H and O–H groups in total. The third-order valence-corrected chi connectivity index (χ3v) is 5.22. The van der Waals surface area contributed by atoms with Crippen molar-refractivity contribution in [2.24, 2.45) is 0 Å². The van der Waals surface area contributed by atoms with Crippen LogP contribution in [0.2, 0.25) is 0 Å². The molecule has 158 valence electrons. The average Bonchev–Trinajstić information content (AvgIpc) is 3.46. The summed E-state index contributed by atoms with van der Waals surface area (Å²) in [5.74, 6) is 1.15. The molecule has 6 aromatic rings. The summed E-state index contributed by atoms with van der Waals surface area (Å²) in [7, 11) is 0. The lowest BCUT2D eigenvalue weighted by atomic mass is 10.2. The largest absolute Gasteiger partial charge is 0.332 e. The van der Waals surface area contributed by atoms with Crippen molar-refractivity contribution in [3.05, 3.63) is 102 Å². The van der Waals surface area contributed by atoms with Crippen LogP contribution in [-0.2, 0) is 0 Å². The Kier molecular flexibility index (Phi) is 4.36. The topological polar surface area (TPSA) is 107 Å². The molecule has 0 bridgehead atoms. The molecule has 0 spiro atoms. The Balaban J connectivity index is 1.47. The van der Waals surface area contributed by atoms with Crippen molar-refractivity contribution in [1.29, 1.82) is 0 Å². The van der Waals surface area contributed by atoms with E-state index in [2.05, 4.69) is 19.9 Å². The molecule has 5 aromatic heterocycles. The second-order valence-corrected chi connectivity index (χ2v) is 7.28. The van der Waals surface area contributed by atoms with Gasteiger partial charge in [-0.25, -0.2) is 24.0 Å². The molecule has 6 rings (SSSR count). The van der Waals surface area contributed by atoms with Crippen LogP contribution in [0.5, 0.6) is 0 Å². The zero-order valence-corrected chi connectivity index (χ0v) is 17.2. The van der Waals surface area contributed by atoms with E-state index in [4.69, 9.17) is 10.1 Å². The summed E-state index contributed by atoms with van der Waals surface area (Å²) in [5.41, 5.74) is 3.99. The Morgan fingerprint density at radius 1 is 0.788 bits per heavy atom. The van der Waals surface area contributed by atoms with E-state index in [1.54, 1.807) is 40.1 Å². The van der Waals surface area contributed by atoms with Gasteiger partial charge in [0.2, 0.25) is 5.82 Å². The summed E-state index contributed by atoms with van der Waals surface area (Å²) in [6.07, 6.45) is 6.83. The summed E-state index contributed by atoms with van der Waals surface area (Å²) in [5, 5.41) is 4.72. The highest BCUT2D eigenvalue weighted by atomic mass is 16.1. The van der Waals surface area contributed by atoms with E-state index < -0.39 is 0 Å². The van der Waals surface area contributed by atoms with Crippen LogP contribution in [0, 0.1) is 0 Å². The molecule has 0 unspecified atom stereocenters. The number of fused-ring (bicyclic) bond motifs is 1. The fourth-order valence-corrected chi connectivity index (χ4v) is 3.70. The third kappa shape index (κ3) is 3.28. The first-order valence-corrected chi connectivity index (χ1v) is 10.2. The number of hydrogen-bond donors (Lipinski definition) is 1. The number of nitrogens with zero attached hydrogens (tertiary/aromatic N) is 7. The molecule has 0 radical (unpaired) electrons. The minimum atomic E-state index is -0.245. The lowest BCUT2D eigenvalue weighted by molar-refractivity contribution is 0.886. The van der Waals surface area contributed by atoms with Gasteiger partial charge in [0.25, 0.3) is 0 Å². The Morgan fingerprint density at radius 3 is 2.39 bits per heavy atom. The minimum Gasteiger partial charge on any atom is -0.304 e. The van der Waals surface area contributed by atoms with E-state index in [0.29, 0.717) is 34.2 Å². The smallest absolute Gasteiger partial charge is 0.304 e. The maximum absolute atomic E-state index is 12.5. The molecule has 0 saturated heterocycles. The van der Waals surface area contributed by atoms with Crippen molar-refractivity contribution in [2.45, 2.75) is 0 Å². The Hall–Kier alpha value is -4.92. The van der Waals surface area contributed by atoms with Crippen LogP contribution < -0.4 is 5.69 Å². The molecule has 1 aromatic carbocycles. The highest BCUT2D eigenvalue weighted by molar-refractivity contribution is 5.72. The molecular weight excluding hydrogens is 416 g/mol. The fourth-order valence-electron chi connectivity index (χ4n) is 3.70. The van der Waals surface area contributed by atoms with Gasteiger partial charge in [0.05, 0.1) is 16.9 Å². The fraction of sp³-hybridized carbons (Fsp3) is 0. The molecule has 0 aliphatic carbocycles. The third-order valence-electron chi connectivity index (χ3n) is 5.22. The molecular formula is C24H16N8O. The van der Waals surface area contributed by atoms with Gasteiger partial charge in [-0.2, -0.15) is 0 Å². The van der Waals surface area contributed by atoms with E-state index in [0.717, 1.165) is 11.3 Å². The first kappa shape index (κ1) is 18.8. The molecule has 9 heteroatoms. The Morgan fingerprint density at radius 2 is 1.61 bits per heavy atom. The predicted molar refractivity (Wildman–Crippen MR) is 123 cm³/mol. The first-order valence-electron chi connectivity index (χ1n) is 10.2. The molecule has 0 amide bonds. The first-order chi connectivity index (χ1) is 16.3.